The van der Waals surface area contributed by atoms with E-state index in [1.54, 1.807) is 12.1 Å². The number of rotatable bonds is 3. The highest BCUT2D eigenvalue weighted by atomic mass is 19.1. The number of nitrogens with zero attached hydrogens (tertiary/aromatic N) is 1. The summed E-state index contributed by atoms with van der Waals surface area (Å²) in [6.07, 6.45) is 5.02. The molecule has 2 saturated heterocycles. The van der Waals surface area contributed by atoms with Gasteiger partial charge in [0.15, 0.2) is 0 Å². The monoisotopic (exact) mass is 292 g/mol. The molecule has 21 heavy (non-hydrogen) atoms. The van der Waals surface area contributed by atoms with Gasteiger partial charge in [-0.2, -0.15) is 0 Å². The first-order valence-corrected chi connectivity index (χ1v) is 8.11. The van der Waals surface area contributed by atoms with Crippen molar-refractivity contribution in [1.29, 1.82) is 0 Å². The topological polar surface area (TPSA) is 35.5 Å². The van der Waals surface area contributed by atoms with Crippen LogP contribution in [0.25, 0.3) is 0 Å². The minimum atomic E-state index is -0.302. The van der Waals surface area contributed by atoms with Crippen LogP contribution in [0.15, 0.2) is 18.2 Å². The summed E-state index contributed by atoms with van der Waals surface area (Å²) in [7, 11) is 0. The summed E-state index contributed by atoms with van der Waals surface area (Å²) in [5, 5.41) is 13.0. The van der Waals surface area contributed by atoms with Crippen LogP contribution in [0.5, 0.6) is 5.75 Å². The lowest BCUT2D eigenvalue weighted by Gasteiger charge is -2.39. The summed E-state index contributed by atoms with van der Waals surface area (Å²) in [6.45, 7) is 5.28. The molecule has 3 atom stereocenters. The summed E-state index contributed by atoms with van der Waals surface area (Å²) in [5.74, 6) is 0.377. The Morgan fingerprint density at radius 1 is 1.33 bits per heavy atom. The van der Waals surface area contributed by atoms with Crippen molar-refractivity contribution in [3.63, 3.8) is 0 Å². The second kappa shape index (κ2) is 6.32. The quantitative estimate of drug-likeness (QED) is 0.899. The molecule has 0 amide bonds. The van der Waals surface area contributed by atoms with Crippen molar-refractivity contribution < 1.29 is 9.50 Å². The third-order valence-corrected chi connectivity index (χ3v) is 5.14. The molecular weight excluding hydrogens is 267 g/mol. The van der Waals surface area contributed by atoms with Crippen LogP contribution in [0.4, 0.5) is 4.39 Å². The maximum Gasteiger partial charge on any atom is 0.131 e. The summed E-state index contributed by atoms with van der Waals surface area (Å²) < 4.78 is 14.1. The first-order valence-electron chi connectivity index (χ1n) is 8.11. The fraction of sp³-hybridized carbons (Fsp3) is 0.647. The molecule has 2 aliphatic rings. The number of hydrogen-bond donors (Lipinski definition) is 2. The standard InChI is InChI=1S/C17H25FN2O/c1-12(15-7-6-14(21)10-16(15)18)20-9-3-4-13(11-20)17-5-2-8-19-17/h6-7,10,12-13,17,19,21H,2-5,8-9,11H2,1H3. The van der Waals surface area contributed by atoms with Crippen molar-refractivity contribution in [3.05, 3.63) is 29.6 Å². The Morgan fingerprint density at radius 3 is 2.90 bits per heavy atom. The molecule has 2 aliphatic heterocycles. The molecule has 2 heterocycles. The number of phenols is 1. The van der Waals surface area contributed by atoms with Crippen molar-refractivity contribution in [2.45, 2.75) is 44.7 Å². The van der Waals surface area contributed by atoms with E-state index in [0.717, 1.165) is 19.6 Å². The van der Waals surface area contributed by atoms with Gasteiger partial charge in [0, 0.05) is 30.3 Å². The number of benzene rings is 1. The largest absolute Gasteiger partial charge is 0.508 e. The van der Waals surface area contributed by atoms with Gasteiger partial charge in [-0.15, -0.1) is 0 Å². The number of aromatic hydroxyl groups is 1. The molecule has 0 saturated carbocycles. The summed E-state index contributed by atoms with van der Waals surface area (Å²) >= 11 is 0. The molecule has 0 radical (unpaired) electrons. The van der Waals surface area contributed by atoms with Crippen LogP contribution in [0.2, 0.25) is 0 Å². The van der Waals surface area contributed by atoms with Gasteiger partial charge in [0.05, 0.1) is 0 Å². The third-order valence-electron chi connectivity index (χ3n) is 5.14. The number of likely N-dealkylation sites (tertiary alicyclic amines) is 1. The highest BCUT2D eigenvalue weighted by molar-refractivity contribution is 5.29. The fourth-order valence-electron chi connectivity index (χ4n) is 3.89. The molecule has 0 spiro atoms. The molecule has 2 N–H and O–H groups in total. The zero-order valence-electron chi connectivity index (χ0n) is 12.7. The predicted molar refractivity (Wildman–Crippen MR) is 81.8 cm³/mol. The summed E-state index contributed by atoms with van der Waals surface area (Å²) in [4.78, 5) is 2.39. The van der Waals surface area contributed by atoms with Crippen molar-refractivity contribution >= 4 is 0 Å². The first-order chi connectivity index (χ1) is 10.1. The second-order valence-corrected chi connectivity index (χ2v) is 6.48. The number of halogens is 1. The van der Waals surface area contributed by atoms with Gasteiger partial charge in [0.25, 0.3) is 0 Å². The minimum absolute atomic E-state index is 0.00451. The molecule has 0 bridgehead atoms. The van der Waals surface area contributed by atoms with E-state index in [1.165, 1.54) is 31.7 Å². The van der Waals surface area contributed by atoms with Gasteiger partial charge in [0.2, 0.25) is 0 Å². The summed E-state index contributed by atoms with van der Waals surface area (Å²) in [6, 6.07) is 5.22. The highest BCUT2D eigenvalue weighted by Gasteiger charge is 2.31. The first kappa shape index (κ1) is 14.8. The zero-order chi connectivity index (χ0) is 14.8. The van der Waals surface area contributed by atoms with E-state index in [2.05, 4.69) is 17.1 Å². The lowest BCUT2D eigenvalue weighted by Crippen LogP contribution is -2.44. The van der Waals surface area contributed by atoms with E-state index in [-0.39, 0.29) is 17.6 Å². The number of hydrogen-bond acceptors (Lipinski definition) is 3. The zero-order valence-corrected chi connectivity index (χ0v) is 12.7. The van der Waals surface area contributed by atoms with Crippen LogP contribution in [-0.4, -0.2) is 35.7 Å². The lowest BCUT2D eigenvalue weighted by molar-refractivity contribution is 0.113. The van der Waals surface area contributed by atoms with E-state index in [4.69, 9.17) is 0 Å². The van der Waals surface area contributed by atoms with E-state index in [0.29, 0.717) is 17.5 Å². The maximum atomic E-state index is 14.1. The third kappa shape index (κ3) is 3.22. The van der Waals surface area contributed by atoms with Gasteiger partial charge < -0.3 is 10.4 Å². The highest BCUT2D eigenvalue weighted by Crippen LogP contribution is 2.32. The Labute approximate surface area is 126 Å². The predicted octanol–water partition coefficient (Wildman–Crippen LogP) is 3.06. The van der Waals surface area contributed by atoms with Crippen LogP contribution in [0.1, 0.15) is 44.2 Å². The van der Waals surface area contributed by atoms with Crippen molar-refractivity contribution in [2.75, 3.05) is 19.6 Å². The van der Waals surface area contributed by atoms with Crippen LogP contribution in [0, 0.1) is 11.7 Å². The average Bonchev–Trinajstić information content (AvgIpc) is 3.01. The molecule has 0 aromatic heterocycles. The number of nitrogens with one attached hydrogen (secondary N) is 1. The Hall–Kier alpha value is -1.13. The minimum Gasteiger partial charge on any atom is -0.508 e. The molecule has 1 aromatic rings. The molecule has 2 fully saturated rings. The Kier molecular flexibility index (Phi) is 4.45. The van der Waals surface area contributed by atoms with Crippen molar-refractivity contribution in [2.24, 2.45) is 5.92 Å². The Balaban J connectivity index is 1.70. The maximum absolute atomic E-state index is 14.1. The van der Waals surface area contributed by atoms with Gasteiger partial charge in [-0.1, -0.05) is 6.07 Å². The van der Waals surface area contributed by atoms with Gasteiger partial charge in [-0.25, -0.2) is 4.39 Å². The molecule has 4 heteroatoms. The van der Waals surface area contributed by atoms with Crippen LogP contribution in [-0.2, 0) is 0 Å². The SMILES string of the molecule is CC(c1ccc(O)cc1F)N1CCCC(C2CCCN2)C1. The second-order valence-electron chi connectivity index (χ2n) is 6.48. The molecule has 116 valence electrons. The van der Waals surface area contributed by atoms with Gasteiger partial charge >= 0.3 is 0 Å². The molecular formula is C17H25FN2O. The molecule has 0 aliphatic carbocycles. The normalized spacial score (nSPS) is 28.7. The number of phenolic OH excluding ortho intramolecular Hbond substituents is 1. The van der Waals surface area contributed by atoms with Gasteiger partial charge in [-0.3, -0.25) is 4.90 Å². The lowest BCUT2D eigenvalue weighted by atomic mass is 9.88. The van der Waals surface area contributed by atoms with E-state index >= 15 is 0 Å². The van der Waals surface area contributed by atoms with Gasteiger partial charge in [0.1, 0.15) is 11.6 Å². The number of piperidine rings is 1. The van der Waals surface area contributed by atoms with Crippen LogP contribution >= 0.6 is 0 Å². The smallest absolute Gasteiger partial charge is 0.131 e. The van der Waals surface area contributed by atoms with E-state index < -0.39 is 0 Å². The molecule has 1 aromatic carbocycles. The van der Waals surface area contributed by atoms with Crippen molar-refractivity contribution in [3.8, 4) is 5.75 Å². The van der Waals surface area contributed by atoms with Gasteiger partial charge in [-0.05, 0) is 57.7 Å². The molecule has 3 unspecified atom stereocenters. The van der Waals surface area contributed by atoms with Crippen LogP contribution in [0.3, 0.4) is 0 Å². The summed E-state index contributed by atoms with van der Waals surface area (Å²) in [5.41, 5.74) is 0.688. The van der Waals surface area contributed by atoms with Crippen LogP contribution < -0.4 is 5.32 Å². The Morgan fingerprint density at radius 2 is 2.19 bits per heavy atom. The molecule has 3 rings (SSSR count). The molecule has 3 nitrogen and oxygen atoms in total. The average molecular weight is 292 g/mol. The Bertz CT molecular complexity index is 488. The van der Waals surface area contributed by atoms with Crippen molar-refractivity contribution in [1.82, 2.24) is 10.2 Å². The fourth-order valence-corrected chi connectivity index (χ4v) is 3.89. The van der Waals surface area contributed by atoms with E-state index in [9.17, 15) is 9.50 Å². The van der Waals surface area contributed by atoms with E-state index in [1.807, 2.05) is 0 Å².